The highest BCUT2D eigenvalue weighted by atomic mass is 32.1. The van der Waals surface area contributed by atoms with Crippen molar-refractivity contribution in [1.82, 2.24) is 42.5 Å². The molecule has 16 N–H and O–H groups in total. The third-order valence-corrected chi connectivity index (χ3v) is 11.5. The fourth-order valence-electron chi connectivity index (χ4n) is 6.44. The van der Waals surface area contributed by atoms with Gasteiger partial charge in [-0.3, -0.25) is 38.4 Å². The Balaban J connectivity index is 2.92. The van der Waals surface area contributed by atoms with E-state index in [9.17, 15) is 82.8 Å². The number of aliphatic carboxylic acids is 6. The Kier molecular flexibility index (Phi) is 27.1. The maximum absolute atomic E-state index is 13.8. The van der Waals surface area contributed by atoms with Crippen LogP contribution in [-0.2, 0) is 64.0 Å². The van der Waals surface area contributed by atoms with Crippen LogP contribution in [0.2, 0.25) is 0 Å². The molecule has 1 aromatic rings. The summed E-state index contributed by atoms with van der Waals surface area (Å²) in [4.78, 5) is 160. The predicted octanol–water partition coefficient (Wildman–Crippen LogP) is -2.23. The van der Waals surface area contributed by atoms with Gasteiger partial charge < -0.3 is 78.9 Å². The molecule has 1 aromatic carbocycles. The van der Waals surface area contributed by atoms with Crippen molar-refractivity contribution in [2.45, 2.75) is 134 Å². The number of carbonyl (C=O) groups excluding carboxylic acids is 7. The monoisotopic (exact) mass is 1070 g/mol. The first-order chi connectivity index (χ1) is 34.4. The van der Waals surface area contributed by atoms with E-state index in [1.54, 1.807) is 58.0 Å². The fourth-order valence-corrected chi connectivity index (χ4v) is 6.69. The molecule has 8 amide bonds. The molecule has 29 heteroatoms. The molecule has 0 saturated carbocycles. The number of rotatable bonds is 35. The molecular weight excluding hydrogens is 1000 g/mol. The lowest BCUT2D eigenvalue weighted by Gasteiger charge is -2.32. The summed E-state index contributed by atoms with van der Waals surface area (Å²) in [6.45, 7) is 6.27. The average Bonchev–Trinajstić information content (AvgIpc) is 3.31. The van der Waals surface area contributed by atoms with Gasteiger partial charge in [0.15, 0.2) is 0 Å². The number of carbonyl (C=O) groups is 13. The van der Waals surface area contributed by atoms with E-state index >= 15 is 0 Å². The zero-order valence-electron chi connectivity index (χ0n) is 41.1. The van der Waals surface area contributed by atoms with Crippen LogP contribution in [0.1, 0.15) is 91.0 Å². The molecule has 0 aliphatic heterocycles. The summed E-state index contributed by atoms with van der Waals surface area (Å²) < 4.78 is 0. The number of nitrogens with two attached hydrogens (primary N) is 1. The van der Waals surface area contributed by atoms with Gasteiger partial charge in [-0.15, -0.1) is 0 Å². The number of amides is 8. The molecule has 1 rings (SSSR count). The summed E-state index contributed by atoms with van der Waals surface area (Å²) in [6, 6.07) is -3.80. The van der Waals surface area contributed by atoms with E-state index in [0.29, 0.717) is 12.0 Å². The third kappa shape index (κ3) is 25.2. The van der Waals surface area contributed by atoms with Crippen molar-refractivity contribution in [2.24, 2.45) is 16.6 Å². The van der Waals surface area contributed by atoms with E-state index in [0.717, 1.165) is 0 Å². The van der Waals surface area contributed by atoms with Gasteiger partial charge in [-0.1, -0.05) is 58.0 Å². The lowest BCUT2D eigenvalue weighted by molar-refractivity contribution is -0.143. The average molecular weight is 1070 g/mol. The largest absolute Gasteiger partial charge is 0.481 e. The molecule has 0 aliphatic rings. The Bertz CT molecular complexity index is 2200. The summed E-state index contributed by atoms with van der Waals surface area (Å²) in [7, 11) is 0. The molecule has 0 aromatic heterocycles. The van der Waals surface area contributed by atoms with Crippen molar-refractivity contribution >= 4 is 89.9 Å². The molecule has 0 bridgehead atoms. The Morgan fingerprint density at radius 1 is 0.541 bits per heavy atom. The Morgan fingerprint density at radius 2 is 1.00 bits per heavy atom. The first-order valence-electron chi connectivity index (χ1n) is 23.0. The number of carboxylic acid groups (broad SMARTS) is 6. The number of thiol groups is 1. The number of hydrogen-bond acceptors (Lipinski definition) is 15. The predicted molar refractivity (Wildman–Crippen MR) is 260 cm³/mol. The number of carboxylic acids is 6. The van der Waals surface area contributed by atoms with Crippen LogP contribution in [0, 0.1) is 10.8 Å². The second-order valence-electron chi connectivity index (χ2n) is 18.5. The maximum Gasteiger partial charge on any atom is 0.327 e. The van der Waals surface area contributed by atoms with Gasteiger partial charge in [0.25, 0.3) is 0 Å². The summed E-state index contributed by atoms with van der Waals surface area (Å²) in [5.41, 5.74) is 4.60. The number of nitrogens with one attached hydrogen (secondary N) is 8. The quantitative estimate of drug-likeness (QED) is 0.0320. The molecule has 7 atom stereocenters. The van der Waals surface area contributed by atoms with Crippen molar-refractivity contribution in [3.05, 3.63) is 35.9 Å². The zero-order chi connectivity index (χ0) is 56.5. The van der Waals surface area contributed by atoms with Crippen molar-refractivity contribution < 1.29 is 93.0 Å². The summed E-state index contributed by atoms with van der Waals surface area (Å²) in [6.07, 6.45) is -3.33. The summed E-state index contributed by atoms with van der Waals surface area (Å²) >= 11 is 3.81. The first-order valence-corrected chi connectivity index (χ1v) is 23.6. The Labute approximate surface area is 429 Å². The number of hydrogen-bond donors (Lipinski definition) is 16. The molecular formula is C45H67N9O19S. The van der Waals surface area contributed by atoms with Crippen LogP contribution in [0.3, 0.4) is 0 Å². The molecule has 28 nitrogen and oxygen atoms in total. The second-order valence-corrected chi connectivity index (χ2v) is 18.9. The van der Waals surface area contributed by atoms with Crippen molar-refractivity contribution in [2.75, 3.05) is 18.8 Å². The lowest BCUT2D eigenvalue weighted by atomic mass is 9.78. The molecule has 412 valence electrons. The van der Waals surface area contributed by atoms with E-state index in [-0.39, 0.29) is 31.6 Å². The molecule has 0 heterocycles. The number of urea groups is 1. The van der Waals surface area contributed by atoms with Crippen LogP contribution in [0.15, 0.2) is 30.3 Å². The minimum Gasteiger partial charge on any atom is -0.481 e. The van der Waals surface area contributed by atoms with Crippen molar-refractivity contribution in [3.8, 4) is 0 Å². The molecule has 0 radical (unpaired) electrons. The van der Waals surface area contributed by atoms with Gasteiger partial charge in [-0.25, -0.2) is 24.0 Å². The van der Waals surface area contributed by atoms with Gasteiger partial charge in [0.05, 0.1) is 6.42 Å². The third-order valence-electron chi connectivity index (χ3n) is 11.2. The minimum atomic E-state index is -1.76. The van der Waals surface area contributed by atoms with Crippen molar-refractivity contribution in [3.63, 3.8) is 0 Å². The first kappa shape index (κ1) is 64.5. The van der Waals surface area contributed by atoms with E-state index in [1.165, 1.54) is 0 Å². The SMILES string of the molecule is CC(C)(CCC(C)(C)C(=O)N[C@@H](Cc1ccccc1)C(=O)N[C@@H](CCC(=O)NC[C@H](N)C(=O)N[C@@H](CC(=O)O)C(=O)N[C@@H](CS)C(=O)O)C(=O)O)CNC(=O)CC[C@H](NC(=O)N[C@@H](CCC(=O)O)C(=O)O)C(=O)O. The van der Waals surface area contributed by atoms with Gasteiger partial charge in [-0.2, -0.15) is 12.6 Å². The van der Waals surface area contributed by atoms with Crippen LogP contribution in [0.5, 0.6) is 0 Å². The molecule has 0 aliphatic carbocycles. The smallest absolute Gasteiger partial charge is 0.327 e. The molecule has 0 spiro atoms. The molecule has 0 saturated heterocycles. The van der Waals surface area contributed by atoms with Crippen LogP contribution < -0.4 is 48.3 Å². The van der Waals surface area contributed by atoms with Crippen LogP contribution in [-0.4, -0.2) is 169 Å². The van der Waals surface area contributed by atoms with E-state index in [2.05, 4.69) is 44.5 Å². The Morgan fingerprint density at radius 3 is 1.49 bits per heavy atom. The highest BCUT2D eigenvalue weighted by Crippen LogP contribution is 2.31. The maximum atomic E-state index is 13.8. The summed E-state index contributed by atoms with van der Waals surface area (Å²) in [5.74, 6) is -14.4. The minimum absolute atomic E-state index is 0.0546. The fraction of sp³-hybridized carbons (Fsp3) is 0.578. The highest BCUT2D eigenvalue weighted by molar-refractivity contribution is 7.80. The number of benzene rings is 1. The zero-order valence-corrected chi connectivity index (χ0v) is 42.0. The van der Waals surface area contributed by atoms with Gasteiger partial charge in [-0.05, 0) is 43.1 Å². The highest BCUT2D eigenvalue weighted by Gasteiger charge is 2.36. The molecule has 0 unspecified atom stereocenters. The standard InChI is InChI=1S/C45H67N9O19S/c1-44(2,22-48-32(56)14-11-26(39(66)67)53-43(73)54-27(40(68)69)12-15-33(57)58)16-17-45(3,4)42(72)52-28(18-23-8-6-5-7-9-23)36(62)49-25(38(64)65)10-13-31(55)47-20-24(46)35(61)50-29(19-34(59)60)37(63)51-30(21-74)41(70)71/h5-9,24-30,74H,10-22,46H2,1-4H3,(H,47,55)(H,48,56)(H,49,62)(H,50,61)(H,51,63)(H,52,72)(H,57,58)(H,59,60)(H,64,65)(H,66,67)(H,68,69)(H,70,71)(H2,53,54,73)/t24-,25-,26-,27-,28-,29-,30-/m0/s1. The van der Waals surface area contributed by atoms with E-state index < -0.39 is 175 Å². The summed E-state index contributed by atoms with van der Waals surface area (Å²) in [5, 5.41) is 74.2. The lowest BCUT2D eigenvalue weighted by Crippen LogP contribution is -2.57. The van der Waals surface area contributed by atoms with Crippen molar-refractivity contribution in [1.29, 1.82) is 0 Å². The Hall–Kier alpha value is -7.56. The van der Waals surface area contributed by atoms with Crippen LogP contribution >= 0.6 is 12.6 Å². The molecule has 74 heavy (non-hydrogen) atoms. The van der Waals surface area contributed by atoms with Gasteiger partial charge in [0.2, 0.25) is 35.4 Å². The van der Waals surface area contributed by atoms with Crippen LogP contribution in [0.25, 0.3) is 0 Å². The van der Waals surface area contributed by atoms with Crippen LogP contribution in [0.4, 0.5) is 4.79 Å². The van der Waals surface area contributed by atoms with E-state index in [4.69, 9.17) is 15.9 Å². The topological polar surface area (TPSA) is 466 Å². The van der Waals surface area contributed by atoms with Gasteiger partial charge >= 0.3 is 41.8 Å². The van der Waals surface area contributed by atoms with Gasteiger partial charge in [0, 0.05) is 49.9 Å². The normalized spacial score (nSPS) is 14.1. The molecule has 0 fully saturated rings. The second kappa shape index (κ2) is 31.1. The van der Waals surface area contributed by atoms with E-state index in [1.807, 2.05) is 10.6 Å². The van der Waals surface area contributed by atoms with Gasteiger partial charge in [0.1, 0.15) is 42.3 Å².